The zero-order valence-electron chi connectivity index (χ0n) is 5.50. The number of aromatic nitrogens is 2. The van der Waals surface area contributed by atoms with Crippen LogP contribution in [0, 0.1) is 18.3 Å². The zero-order chi connectivity index (χ0) is 7.56. The van der Waals surface area contributed by atoms with Crippen LogP contribution in [-0.2, 0) is 0 Å². The summed E-state index contributed by atoms with van der Waals surface area (Å²) in [6.07, 6.45) is 1.53. The first-order valence-electron chi connectivity index (χ1n) is 2.73. The highest BCUT2D eigenvalue weighted by atomic mass is 15.0. The Hall–Kier alpha value is -1.63. The highest BCUT2D eigenvalue weighted by Crippen LogP contribution is 2.01. The van der Waals surface area contributed by atoms with E-state index < -0.39 is 0 Å². The number of hydrogen-bond acceptors (Lipinski definition) is 4. The van der Waals surface area contributed by atoms with E-state index in [1.54, 1.807) is 6.92 Å². The van der Waals surface area contributed by atoms with Gasteiger partial charge in [0.2, 0.25) is 5.95 Å². The van der Waals surface area contributed by atoms with Gasteiger partial charge in [-0.2, -0.15) is 5.26 Å². The Morgan fingerprint density at radius 1 is 1.70 bits per heavy atom. The summed E-state index contributed by atoms with van der Waals surface area (Å²) in [6.45, 7) is 1.76. The second kappa shape index (κ2) is 2.31. The molecule has 0 amide bonds. The lowest BCUT2D eigenvalue weighted by Crippen LogP contribution is -1.97. The summed E-state index contributed by atoms with van der Waals surface area (Å²) in [5.41, 5.74) is 6.32. The second-order valence-electron chi connectivity index (χ2n) is 1.87. The van der Waals surface area contributed by atoms with E-state index in [0.29, 0.717) is 5.69 Å². The molecule has 0 atom stereocenters. The number of nitrogen functional groups attached to an aromatic ring is 1. The van der Waals surface area contributed by atoms with E-state index in [9.17, 15) is 0 Å². The largest absolute Gasteiger partial charge is 0.368 e. The van der Waals surface area contributed by atoms with Crippen LogP contribution in [0.5, 0.6) is 0 Å². The topological polar surface area (TPSA) is 75.6 Å². The van der Waals surface area contributed by atoms with Gasteiger partial charge < -0.3 is 5.73 Å². The average Bonchev–Trinajstić information content (AvgIpc) is 1.94. The predicted octanol–water partition coefficient (Wildman–Crippen LogP) is 0.239. The van der Waals surface area contributed by atoms with Gasteiger partial charge in [-0.25, -0.2) is 9.97 Å². The molecule has 0 aromatic carbocycles. The predicted molar refractivity (Wildman–Crippen MR) is 35.9 cm³/mol. The molecule has 0 aliphatic heterocycles. The van der Waals surface area contributed by atoms with Crippen LogP contribution in [0.4, 0.5) is 5.95 Å². The van der Waals surface area contributed by atoms with Gasteiger partial charge in [0, 0.05) is 11.8 Å². The maximum absolute atomic E-state index is 8.45. The van der Waals surface area contributed by atoms with Crippen LogP contribution in [-0.4, -0.2) is 9.97 Å². The molecule has 0 aliphatic carbocycles. The van der Waals surface area contributed by atoms with Gasteiger partial charge >= 0.3 is 0 Å². The van der Waals surface area contributed by atoms with Gasteiger partial charge in [-0.05, 0) is 6.92 Å². The standard InChI is InChI=1S/C6H6N4/c1-4-3-9-6(8)10-5(4)2-7/h3H,1H3,(H2,8,9,10). The summed E-state index contributed by atoms with van der Waals surface area (Å²) in [5.74, 6) is 0.141. The van der Waals surface area contributed by atoms with Crippen LogP contribution in [0.15, 0.2) is 6.20 Å². The number of anilines is 1. The Bertz CT molecular complexity index is 286. The molecule has 0 saturated heterocycles. The van der Waals surface area contributed by atoms with E-state index in [2.05, 4.69) is 9.97 Å². The van der Waals surface area contributed by atoms with Crippen molar-refractivity contribution >= 4 is 5.95 Å². The molecule has 4 nitrogen and oxygen atoms in total. The Morgan fingerprint density at radius 2 is 2.40 bits per heavy atom. The number of aryl methyl sites for hydroxylation is 1. The van der Waals surface area contributed by atoms with Crippen molar-refractivity contribution in [3.63, 3.8) is 0 Å². The molecule has 1 aromatic heterocycles. The summed E-state index contributed by atoms with van der Waals surface area (Å²) < 4.78 is 0. The molecule has 0 radical (unpaired) electrons. The molecule has 1 heterocycles. The van der Waals surface area contributed by atoms with Gasteiger partial charge in [0.25, 0.3) is 0 Å². The lowest BCUT2D eigenvalue weighted by Gasteiger charge is -1.94. The fourth-order valence-electron chi connectivity index (χ4n) is 0.569. The van der Waals surface area contributed by atoms with E-state index >= 15 is 0 Å². The molecule has 2 N–H and O–H groups in total. The third kappa shape index (κ3) is 1.03. The Morgan fingerprint density at radius 3 is 2.90 bits per heavy atom. The molecule has 1 rings (SSSR count). The smallest absolute Gasteiger partial charge is 0.221 e. The lowest BCUT2D eigenvalue weighted by atomic mass is 10.3. The first kappa shape index (κ1) is 6.49. The molecule has 0 aliphatic rings. The Balaban J connectivity index is 3.25. The molecule has 0 saturated carbocycles. The third-order valence-corrected chi connectivity index (χ3v) is 1.10. The fraction of sp³-hybridized carbons (Fsp3) is 0.167. The van der Waals surface area contributed by atoms with Crippen LogP contribution in [0.25, 0.3) is 0 Å². The lowest BCUT2D eigenvalue weighted by molar-refractivity contribution is 1.12. The minimum Gasteiger partial charge on any atom is -0.368 e. The van der Waals surface area contributed by atoms with Crippen molar-refractivity contribution in [3.05, 3.63) is 17.5 Å². The Labute approximate surface area is 58.3 Å². The van der Waals surface area contributed by atoms with Gasteiger partial charge in [-0.1, -0.05) is 0 Å². The third-order valence-electron chi connectivity index (χ3n) is 1.10. The highest BCUT2D eigenvalue weighted by Gasteiger charge is 1.97. The molecule has 0 fully saturated rings. The van der Waals surface area contributed by atoms with E-state index in [-0.39, 0.29) is 5.95 Å². The molecule has 0 bridgehead atoms. The van der Waals surface area contributed by atoms with Crippen molar-refractivity contribution in [1.82, 2.24) is 9.97 Å². The maximum Gasteiger partial charge on any atom is 0.221 e. The van der Waals surface area contributed by atoms with E-state index in [1.807, 2.05) is 6.07 Å². The second-order valence-corrected chi connectivity index (χ2v) is 1.87. The van der Waals surface area contributed by atoms with Crippen molar-refractivity contribution < 1.29 is 0 Å². The number of rotatable bonds is 0. The Kier molecular flexibility index (Phi) is 1.50. The van der Waals surface area contributed by atoms with E-state index in [0.717, 1.165) is 5.56 Å². The van der Waals surface area contributed by atoms with Crippen LogP contribution in [0.3, 0.4) is 0 Å². The van der Waals surface area contributed by atoms with Gasteiger partial charge in [-0.15, -0.1) is 0 Å². The molecule has 0 spiro atoms. The molecule has 4 heteroatoms. The SMILES string of the molecule is Cc1cnc(N)nc1C#N. The quantitative estimate of drug-likeness (QED) is 0.551. The first-order valence-corrected chi connectivity index (χ1v) is 2.73. The van der Waals surface area contributed by atoms with Crippen molar-refractivity contribution in [1.29, 1.82) is 5.26 Å². The van der Waals surface area contributed by atoms with Crippen LogP contribution in [0.2, 0.25) is 0 Å². The summed E-state index contributed by atoms with van der Waals surface area (Å²) in [5, 5.41) is 8.45. The minimum atomic E-state index is 0.141. The first-order chi connectivity index (χ1) is 4.74. The summed E-state index contributed by atoms with van der Waals surface area (Å²) in [6, 6.07) is 1.90. The molecule has 0 unspecified atom stereocenters. The molecular formula is C6H6N4. The van der Waals surface area contributed by atoms with Crippen LogP contribution < -0.4 is 5.73 Å². The summed E-state index contributed by atoms with van der Waals surface area (Å²) in [7, 11) is 0. The minimum absolute atomic E-state index is 0.141. The van der Waals surface area contributed by atoms with Gasteiger partial charge in [-0.3, -0.25) is 0 Å². The van der Waals surface area contributed by atoms with Gasteiger partial charge in [0.05, 0.1) is 0 Å². The average molecular weight is 134 g/mol. The van der Waals surface area contributed by atoms with Crippen molar-refractivity contribution in [2.45, 2.75) is 6.92 Å². The van der Waals surface area contributed by atoms with Crippen molar-refractivity contribution in [3.8, 4) is 6.07 Å². The van der Waals surface area contributed by atoms with E-state index in [4.69, 9.17) is 11.0 Å². The monoisotopic (exact) mass is 134 g/mol. The zero-order valence-corrected chi connectivity index (χ0v) is 5.50. The number of nitrogens with zero attached hydrogens (tertiary/aromatic N) is 3. The number of hydrogen-bond donors (Lipinski definition) is 1. The van der Waals surface area contributed by atoms with Gasteiger partial charge in [0.1, 0.15) is 11.8 Å². The molecule has 1 aromatic rings. The van der Waals surface area contributed by atoms with E-state index in [1.165, 1.54) is 6.20 Å². The van der Waals surface area contributed by atoms with Gasteiger partial charge in [0.15, 0.2) is 0 Å². The van der Waals surface area contributed by atoms with Crippen molar-refractivity contribution in [2.24, 2.45) is 0 Å². The fourth-order valence-corrected chi connectivity index (χ4v) is 0.569. The normalized spacial score (nSPS) is 8.80. The van der Waals surface area contributed by atoms with Crippen molar-refractivity contribution in [2.75, 3.05) is 5.73 Å². The highest BCUT2D eigenvalue weighted by molar-refractivity contribution is 5.32. The number of nitrogens with two attached hydrogens (primary N) is 1. The summed E-state index contributed by atoms with van der Waals surface area (Å²) >= 11 is 0. The summed E-state index contributed by atoms with van der Waals surface area (Å²) in [4.78, 5) is 7.40. The number of nitriles is 1. The molecule has 10 heavy (non-hydrogen) atoms. The van der Waals surface area contributed by atoms with Crippen LogP contribution >= 0.6 is 0 Å². The van der Waals surface area contributed by atoms with Crippen LogP contribution in [0.1, 0.15) is 11.3 Å². The molecular weight excluding hydrogens is 128 g/mol. The molecule has 50 valence electrons. The maximum atomic E-state index is 8.45.